The van der Waals surface area contributed by atoms with Crippen molar-refractivity contribution in [1.82, 2.24) is 5.16 Å². The second-order valence-corrected chi connectivity index (χ2v) is 3.70. The van der Waals surface area contributed by atoms with Gasteiger partial charge in [-0.05, 0) is 12.1 Å². The van der Waals surface area contributed by atoms with Crippen molar-refractivity contribution >= 4 is 17.6 Å². The lowest BCUT2D eigenvalue weighted by atomic mass is 10.1. The molecule has 0 bridgehead atoms. The number of benzene rings is 1. The zero-order valence-electron chi connectivity index (χ0n) is 9.11. The number of nitrogens with zero attached hydrogens (tertiary/aromatic N) is 1. The van der Waals surface area contributed by atoms with Gasteiger partial charge in [-0.3, -0.25) is 0 Å². The van der Waals surface area contributed by atoms with E-state index in [2.05, 4.69) is 9.68 Å². The first-order valence-electron chi connectivity index (χ1n) is 4.77. The monoisotopic (exact) mass is 271 g/mol. The first-order valence-corrected chi connectivity index (χ1v) is 5.14. The molecule has 1 aromatic heterocycles. The van der Waals surface area contributed by atoms with Gasteiger partial charge in [-0.25, -0.2) is 9.18 Å². The van der Waals surface area contributed by atoms with Crippen LogP contribution in [0.2, 0.25) is 5.02 Å². The molecule has 1 N–H and O–H groups in total. The van der Waals surface area contributed by atoms with Crippen LogP contribution in [0.3, 0.4) is 0 Å². The molecule has 7 heteroatoms. The first-order chi connectivity index (χ1) is 8.54. The van der Waals surface area contributed by atoms with E-state index in [4.69, 9.17) is 21.4 Å². The van der Waals surface area contributed by atoms with E-state index in [0.717, 1.165) is 6.07 Å². The fraction of sp³-hybridized carbons (Fsp3) is 0.0909. The molecule has 0 fully saturated rings. The van der Waals surface area contributed by atoms with E-state index in [0.29, 0.717) is 0 Å². The number of carbonyl (C=O) groups is 1. The van der Waals surface area contributed by atoms with Gasteiger partial charge in [-0.2, -0.15) is 0 Å². The quantitative estimate of drug-likeness (QED) is 0.929. The smallest absolute Gasteiger partial charge is 0.374 e. The van der Waals surface area contributed by atoms with Crippen LogP contribution in [0.5, 0.6) is 5.75 Å². The lowest BCUT2D eigenvalue weighted by molar-refractivity contribution is 0.0652. The second-order valence-electron chi connectivity index (χ2n) is 3.32. The van der Waals surface area contributed by atoms with Crippen LogP contribution in [0.15, 0.2) is 22.7 Å². The van der Waals surface area contributed by atoms with Crippen molar-refractivity contribution in [2.45, 2.75) is 0 Å². The summed E-state index contributed by atoms with van der Waals surface area (Å²) in [6.45, 7) is 0. The SMILES string of the molecule is COc1ccc(-c2cc(C(=O)O)on2)c(F)c1Cl. The number of rotatable bonds is 3. The number of carboxylic acid groups (broad SMARTS) is 1. The lowest BCUT2D eigenvalue weighted by Gasteiger charge is -2.05. The van der Waals surface area contributed by atoms with Crippen LogP contribution < -0.4 is 4.74 Å². The van der Waals surface area contributed by atoms with Crippen molar-refractivity contribution < 1.29 is 23.6 Å². The number of halogens is 2. The average Bonchev–Trinajstić information content (AvgIpc) is 2.82. The van der Waals surface area contributed by atoms with Crippen molar-refractivity contribution in [2.24, 2.45) is 0 Å². The molecule has 0 unspecified atom stereocenters. The molecular weight excluding hydrogens is 265 g/mol. The first kappa shape index (κ1) is 12.4. The molecule has 2 rings (SSSR count). The Morgan fingerprint density at radius 2 is 2.28 bits per heavy atom. The van der Waals surface area contributed by atoms with E-state index < -0.39 is 11.8 Å². The molecule has 0 aliphatic rings. The number of hydrogen-bond donors (Lipinski definition) is 1. The maximum Gasteiger partial charge on any atom is 0.374 e. The van der Waals surface area contributed by atoms with Crippen LogP contribution in [-0.2, 0) is 0 Å². The van der Waals surface area contributed by atoms with Crippen LogP contribution in [0, 0.1) is 5.82 Å². The van der Waals surface area contributed by atoms with E-state index in [1.54, 1.807) is 0 Å². The Morgan fingerprint density at radius 1 is 1.56 bits per heavy atom. The predicted molar refractivity (Wildman–Crippen MR) is 60.4 cm³/mol. The van der Waals surface area contributed by atoms with Crippen molar-refractivity contribution in [1.29, 1.82) is 0 Å². The van der Waals surface area contributed by atoms with Crippen molar-refractivity contribution in [3.63, 3.8) is 0 Å². The number of aromatic carboxylic acids is 1. The Morgan fingerprint density at radius 3 is 2.83 bits per heavy atom. The lowest BCUT2D eigenvalue weighted by Crippen LogP contribution is -1.92. The zero-order chi connectivity index (χ0) is 13.3. The van der Waals surface area contributed by atoms with Gasteiger partial charge in [0, 0.05) is 11.6 Å². The maximum atomic E-state index is 13.9. The molecule has 1 aromatic carbocycles. The Kier molecular flexibility index (Phi) is 3.20. The summed E-state index contributed by atoms with van der Waals surface area (Å²) in [5.74, 6) is -2.23. The number of hydrogen-bond acceptors (Lipinski definition) is 4. The topological polar surface area (TPSA) is 72.6 Å². The minimum Gasteiger partial charge on any atom is -0.495 e. The zero-order valence-corrected chi connectivity index (χ0v) is 9.86. The molecule has 0 saturated carbocycles. The van der Waals surface area contributed by atoms with Gasteiger partial charge in [0.05, 0.1) is 7.11 Å². The summed E-state index contributed by atoms with van der Waals surface area (Å²) in [5, 5.41) is 11.9. The molecule has 1 heterocycles. The summed E-state index contributed by atoms with van der Waals surface area (Å²) in [6, 6.07) is 3.95. The van der Waals surface area contributed by atoms with Gasteiger partial charge < -0.3 is 14.4 Å². The van der Waals surface area contributed by atoms with Gasteiger partial charge in [-0.1, -0.05) is 16.8 Å². The number of ether oxygens (including phenoxy) is 1. The Labute approximate surface area is 106 Å². The van der Waals surface area contributed by atoms with Crippen molar-refractivity contribution in [2.75, 3.05) is 7.11 Å². The summed E-state index contributed by atoms with van der Waals surface area (Å²) in [4.78, 5) is 10.6. The average molecular weight is 272 g/mol. The largest absolute Gasteiger partial charge is 0.495 e. The molecule has 5 nitrogen and oxygen atoms in total. The van der Waals surface area contributed by atoms with Gasteiger partial charge >= 0.3 is 5.97 Å². The van der Waals surface area contributed by atoms with Crippen LogP contribution in [0.4, 0.5) is 4.39 Å². The molecule has 18 heavy (non-hydrogen) atoms. The highest BCUT2D eigenvalue weighted by Crippen LogP contribution is 2.34. The third-order valence-electron chi connectivity index (χ3n) is 2.26. The van der Waals surface area contributed by atoms with Gasteiger partial charge in [0.25, 0.3) is 0 Å². The fourth-order valence-corrected chi connectivity index (χ4v) is 1.63. The number of aromatic nitrogens is 1. The Hall–Kier alpha value is -2.08. The molecule has 0 amide bonds. The number of methoxy groups -OCH3 is 1. The van der Waals surface area contributed by atoms with Crippen LogP contribution in [0.1, 0.15) is 10.6 Å². The van der Waals surface area contributed by atoms with Crippen LogP contribution in [-0.4, -0.2) is 23.3 Å². The van der Waals surface area contributed by atoms with Gasteiger partial charge in [0.1, 0.15) is 16.5 Å². The minimum atomic E-state index is -1.28. The fourth-order valence-electron chi connectivity index (χ4n) is 1.39. The molecule has 0 aliphatic carbocycles. The van der Waals surface area contributed by atoms with Gasteiger partial charge in [-0.15, -0.1) is 0 Å². The molecular formula is C11H7ClFNO4. The van der Waals surface area contributed by atoms with E-state index in [-0.39, 0.29) is 27.8 Å². The molecule has 94 valence electrons. The van der Waals surface area contributed by atoms with E-state index in [9.17, 15) is 9.18 Å². The van der Waals surface area contributed by atoms with E-state index in [1.165, 1.54) is 19.2 Å². The van der Waals surface area contributed by atoms with Crippen LogP contribution in [0.25, 0.3) is 11.3 Å². The minimum absolute atomic E-state index is 0.0389. The molecule has 0 saturated heterocycles. The highest BCUT2D eigenvalue weighted by molar-refractivity contribution is 6.32. The van der Waals surface area contributed by atoms with Crippen LogP contribution >= 0.6 is 11.6 Å². The van der Waals surface area contributed by atoms with E-state index >= 15 is 0 Å². The normalized spacial score (nSPS) is 10.4. The summed E-state index contributed by atoms with van der Waals surface area (Å²) >= 11 is 5.74. The molecule has 2 aromatic rings. The van der Waals surface area contributed by atoms with E-state index in [1.807, 2.05) is 0 Å². The third kappa shape index (κ3) is 2.02. The summed E-state index contributed by atoms with van der Waals surface area (Å²) in [5.41, 5.74) is 0.0894. The highest BCUT2D eigenvalue weighted by Gasteiger charge is 2.18. The van der Waals surface area contributed by atoms with Crippen molar-refractivity contribution in [3.05, 3.63) is 34.8 Å². The van der Waals surface area contributed by atoms with Gasteiger partial charge in [0.2, 0.25) is 5.76 Å². The number of carboxylic acids is 1. The van der Waals surface area contributed by atoms with Crippen molar-refractivity contribution in [3.8, 4) is 17.0 Å². The summed E-state index contributed by atoms with van der Waals surface area (Å²) in [6.07, 6.45) is 0. The summed E-state index contributed by atoms with van der Waals surface area (Å²) in [7, 11) is 1.36. The molecule has 0 spiro atoms. The maximum absolute atomic E-state index is 13.9. The predicted octanol–water partition coefficient (Wildman–Crippen LogP) is 2.84. The highest BCUT2D eigenvalue weighted by atomic mass is 35.5. The van der Waals surface area contributed by atoms with Gasteiger partial charge in [0.15, 0.2) is 5.82 Å². The molecule has 0 radical (unpaired) electrons. The standard InChI is InChI=1S/C11H7ClFNO4/c1-17-7-3-2-5(10(13)9(7)12)6-4-8(11(15)16)18-14-6/h2-4H,1H3,(H,15,16). The Bertz CT molecular complexity index is 611. The summed E-state index contributed by atoms with van der Waals surface area (Å²) < 4.78 is 23.3. The third-order valence-corrected chi connectivity index (χ3v) is 2.62. The molecule has 0 atom stereocenters. The molecule has 0 aliphatic heterocycles. The Balaban J connectivity index is 2.50. The second kappa shape index (κ2) is 4.66.